The standard InChI is InChI=1S/C11H11F3O4/c1-18-9(16)7-2-4-8(5-3-7)10(17,6-15)11(12,13)14/h2-5,15,17H,6H2,1H3. The molecular weight excluding hydrogens is 253 g/mol. The number of aliphatic hydroxyl groups excluding tert-OH is 1. The number of carbonyl (C=O) groups excluding carboxylic acids is 1. The molecule has 1 atom stereocenters. The molecule has 0 amide bonds. The third-order valence-corrected chi connectivity index (χ3v) is 2.48. The maximum atomic E-state index is 12.6. The maximum absolute atomic E-state index is 12.6. The number of esters is 1. The average molecular weight is 264 g/mol. The van der Waals surface area contributed by atoms with Gasteiger partial charge in [0.15, 0.2) is 0 Å². The first-order valence-electron chi connectivity index (χ1n) is 4.85. The van der Waals surface area contributed by atoms with Gasteiger partial charge in [0.1, 0.15) is 0 Å². The number of hydrogen-bond acceptors (Lipinski definition) is 4. The summed E-state index contributed by atoms with van der Waals surface area (Å²) in [5.74, 6) is -0.707. The lowest BCUT2D eigenvalue weighted by atomic mass is 9.93. The second-order valence-corrected chi connectivity index (χ2v) is 3.59. The minimum absolute atomic E-state index is 0.0451. The highest BCUT2D eigenvalue weighted by Crippen LogP contribution is 2.38. The van der Waals surface area contributed by atoms with Gasteiger partial charge >= 0.3 is 12.1 Å². The van der Waals surface area contributed by atoms with Crippen molar-refractivity contribution in [2.75, 3.05) is 13.7 Å². The Bertz CT molecular complexity index is 427. The fourth-order valence-corrected chi connectivity index (χ4v) is 1.34. The highest BCUT2D eigenvalue weighted by Gasteiger charge is 2.54. The Kier molecular flexibility index (Phi) is 3.98. The largest absolute Gasteiger partial charge is 0.465 e. The molecule has 0 fully saturated rings. The van der Waals surface area contributed by atoms with Crippen molar-refractivity contribution in [3.63, 3.8) is 0 Å². The Morgan fingerprint density at radius 1 is 1.28 bits per heavy atom. The van der Waals surface area contributed by atoms with Gasteiger partial charge in [0.05, 0.1) is 19.3 Å². The SMILES string of the molecule is COC(=O)c1ccc(C(O)(CO)C(F)(F)F)cc1. The van der Waals surface area contributed by atoms with Crippen LogP contribution in [0.3, 0.4) is 0 Å². The molecule has 4 nitrogen and oxygen atoms in total. The third kappa shape index (κ3) is 2.46. The van der Waals surface area contributed by atoms with Gasteiger partial charge in [-0.15, -0.1) is 0 Å². The first kappa shape index (κ1) is 14.5. The summed E-state index contributed by atoms with van der Waals surface area (Å²) in [6.45, 7) is -1.51. The summed E-state index contributed by atoms with van der Waals surface area (Å²) in [6, 6.07) is 3.98. The molecule has 0 saturated carbocycles. The van der Waals surface area contributed by atoms with Crippen molar-refractivity contribution in [1.82, 2.24) is 0 Å². The van der Waals surface area contributed by atoms with Crippen molar-refractivity contribution in [1.29, 1.82) is 0 Å². The molecule has 100 valence electrons. The highest BCUT2D eigenvalue weighted by molar-refractivity contribution is 5.89. The quantitative estimate of drug-likeness (QED) is 0.805. The van der Waals surface area contributed by atoms with Crippen LogP contribution in [0.15, 0.2) is 24.3 Å². The fourth-order valence-electron chi connectivity index (χ4n) is 1.34. The van der Waals surface area contributed by atoms with Crippen molar-refractivity contribution in [3.8, 4) is 0 Å². The molecule has 0 radical (unpaired) electrons. The van der Waals surface area contributed by atoms with E-state index in [9.17, 15) is 23.1 Å². The predicted octanol–water partition coefficient (Wildman–Crippen LogP) is 1.22. The van der Waals surface area contributed by atoms with Gasteiger partial charge in [0.2, 0.25) is 5.60 Å². The molecule has 0 spiro atoms. The molecule has 0 aliphatic heterocycles. The summed E-state index contributed by atoms with van der Waals surface area (Å²) in [7, 11) is 1.13. The van der Waals surface area contributed by atoms with E-state index in [2.05, 4.69) is 4.74 Å². The second-order valence-electron chi connectivity index (χ2n) is 3.59. The summed E-state index contributed by atoms with van der Waals surface area (Å²) in [6.07, 6.45) is -5.02. The van der Waals surface area contributed by atoms with E-state index in [0.29, 0.717) is 0 Å². The number of hydrogen-bond donors (Lipinski definition) is 2. The number of carbonyl (C=O) groups is 1. The molecule has 0 bridgehead atoms. The highest BCUT2D eigenvalue weighted by atomic mass is 19.4. The molecular formula is C11H11F3O4. The number of methoxy groups -OCH3 is 1. The molecule has 0 saturated heterocycles. The van der Waals surface area contributed by atoms with E-state index < -0.39 is 29.9 Å². The molecule has 1 aromatic carbocycles. The van der Waals surface area contributed by atoms with Gasteiger partial charge in [0, 0.05) is 0 Å². The zero-order valence-corrected chi connectivity index (χ0v) is 9.36. The summed E-state index contributed by atoms with van der Waals surface area (Å²) < 4.78 is 42.2. The molecule has 0 aliphatic rings. The Hall–Kier alpha value is -1.60. The number of alkyl halides is 3. The molecule has 18 heavy (non-hydrogen) atoms. The van der Waals surface area contributed by atoms with E-state index in [-0.39, 0.29) is 5.56 Å². The van der Waals surface area contributed by atoms with Crippen LogP contribution in [0, 0.1) is 0 Å². The number of ether oxygens (including phenoxy) is 1. The molecule has 7 heteroatoms. The van der Waals surface area contributed by atoms with Crippen LogP contribution in [0.5, 0.6) is 0 Å². The van der Waals surface area contributed by atoms with Crippen LogP contribution in [0.4, 0.5) is 13.2 Å². The van der Waals surface area contributed by atoms with Crippen LogP contribution in [-0.4, -0.2) is 36.1 Å². The van der Waals surface area contributed by atoms with E-state index in [0.717, 1.165) is 31.4 Å². The normalized spacial score (nSPS) is 15.0. The molecule has 1 unspecified atom stereocenters. The summed E-state index contributed by atoms with van der Waals surface area (Å²) in [5.41, 5.74) is -3.85. The number of halogens is 3. The molecule has 1 aromatic rings. The zero-order chi connectivity index (χ0) is 14.0. The third-order valence-electron chi connectivity index (χ3n) is 2.48. The van der Waals surface area contributed by atoms with Crippen LogP contribution < -0.4 is 0 Å². The number of rotatable bonds is 3. The van der Waals surface area contributed by atoms with E-state index in [1.165, 1.54) is 0 Å². The van der Waals surface area contributed by atoms with Crippen molar-refractivity contribution in [2.24, 2.45) is 0 Å². The average Bonchev–Trinajstić information content (AvgIpc) is 2.35. The van der Waals surface area contributed by atoms with Crippen molar-refractivity contribution < 1.29 is 32.9 Å². The van der Waals surface area contributed by atoms with E-state index >= 15 is 0 Å². The van der Waals surface area contributed by atoms with Gasteiger partial charge < -0.3 is 14.9 Å². The lowest BCUT2D eigenvalue weighted by Gasteiger charge is -2.28. The van der Waals surface area contributed by atoms with Crippen LogP contribution in [0.25, 0.3) is 0 Å². The molecule has 0 heterocycles. The fraction of sp³-hybridized carbons (Fsp3) is 0.364. The lowest BCUT2D eigenvalue weighted by Crippen LogP contribution is -2.45. The van der Waals surface area contributed by atoms with Crippen molar-refractivity contribution in [3.05, 3.63) is 35.4 Å². The summed E-state index contributed by atoms with van der Waals surface area (Å²) >= 11 is 0. The summed E-state index contributed by atoms with van der Waals surface area (Å²) in [5, 5.41) is 18.2. The molecule has 0 aliphatic carbocycles. The van der Waals surface area contributed by atoms with Gasteiger partial charge in [-0.3, -0.25) is 0 Å². The summed E-state index contributed by atoms with van der Waals surface area (Å²) in [4.78, 5) is 11.1. The molecule has 2 N–H and O–H groups in total. The molecule has 0 aromatic heterocycles. The smallest absolute Gasteiger partial charge is 0.423 e. The number of aliphatic hydroxyl groups is 2. The Morgan fingerprint density at radius 3 is 2.11 bits per heavy atom. The van der Waals surface area contributed by atoms with Gasteiger partial charge in [-0.1, -0.05) is 12.1 Å². The predicted molar refractivity (Wildman–Crippen MR) is 54.8 cm³/mol. The van der Waals surface area contributed by atoms with Crippen LogP contribution in [0.2, 0.25) is 0 Å². The lowest BCUT2D eigenvalue weighted by molar-refractivity contribution is -0.277. The minimum Gasteiger partial charge on any atom is -0.465 e. The van der Waals surface area contributed by atoms with Gasteiger partial charge in [-0.05, 0) is 17.7 Å². The van der Waals surface area contributed by atoms with Crippen LogP contribution in [0.1, 0.15) is 15.9 Å². The van der Waals surface area contributed by atoms with E-state index in [1.54, 1.807) is 0 Å². The van der Waals surface area contributed by atoms with Gasteiger partial charge in [-0.25, -0.2) is 4.79 Å². The molecule has 1 rings (SSSR count). The van der Waals surface area contributed by atoms with Gasteiger partial charge in [0.25, 0.3) is 0 Å². The Morgan fingerprint density at radius 2 is 1.78 bits per heavy atom. The Labute approximate surface area is 101 Å². The van der Waals surface area contributed by atoms with Crippen LogP contribution >= 0.6 is 0 Å². The first-order chi connectivity index (χ1) is 8.26. The van der Waals surface area contributed by atoms with E-state index in [1.807, 2.05) is 0 Å². The van der Waals surface area contributed by atoms with Gasteiger partial charge in [-0.2, -0.15) is 13.2 Å². The Balaban J connectivity index is 3.14. The van der Waals surface area contributed by atoms with Crippen LogP contribution in [-0.2, 0) is 10.3 Å². The maximum Gasteiger partial charge on any atom is 0.423 e. The monoisotopic (exact) mass is 264 g/mol. The topological polar surface area (TPSA) is 66.8 Å². The van der Waals surface area contributed by atoms with Crippen molar-refractivity contribution in [2.45, 2.75) is 11.8 Å². The second kappa shape index (κ2) is 4.95. The first-order valence-corrected chi connectivity index (χ1v) is 4.85. The van der Waals surface area contributed by atoms with Crippen molar-refractivity contribution >= 4 is 5.97 Å². The van der Waals surface area contributed by atoms with E-state index in [4.69, 9.17) is 5.11 Å². The number of benzene rings is 1. The minimum atomic E-state index is -5.02. The zero-order valence-electron chi connectivity index (χ0n) is 9.36.